The average molecular weight is 292 g/mol. The monoisotopic (exact) mass is 292 g/mol. The Kier molecular flexibility index (Phi) is 5.43. The third-order valence-corrected chi connectivity index (χ3v) is 3.30. The Hall–Kier alpha value is -2.24. The van der Waals surface area contributed by atoms with Gasteiger partial charge in [-0.2, -0.15) is 0 Å². The average Bonchev–Trinajstić information content (AvgIpc) is 2.53. The van der Waals surface area contributed by atoms with Gasteiger partial charge in [0.2, 0.25) is 0 Å². The van der Waals surface area contributed by atoms with E-state index in [1.54, 1.807) is 29.2 Å². The number of nitrogens with zero attached hydrogens (tertiary/aromatic N) is 1. The van der Waals surface area contributed by atoms with Crippen molar-refractivity contribution in [2.75, 3.05) is 32.0 Å². The van der Waals surface area contributed by atoms with Crippen molar-refractivity contribution in [2.24, 2.45) is 0 Å². The summed E-state index contributed by atoms with van der Waals surface area (Å²) < 4.78 is 10.2. The van der Waals surface area contributed by atoms with E-state index in [0.717, 1.165) is 32.4 Å². The van der Waals surface area contributed by atoms with Crippen molar-refractivity contribution in [1.29, 1.82) is 0 Å². The predicted octanol–water partition coefficient (Wildman–Crippen LogP) is 1.20. The van der Waals surface area contributed by atoms with Gasteiger partial charge in [0, 0.05) is 18.8 Å². The SMILES string of the molecule is Nc1ccc(OCC(=O)OCC(=O)N2CCCCC2)cc1. The smallest absolute Gasteiger partial charge is 0.344 e. The lowest BCUT2D eigenvalue weighted by molar-refractivity contribution is -0.154. The molecule has 1 fully saturated rings. The highest BCUT2D eigenvalue weighted by Gasteiger charge is 2.17. The normalized spacial score (nSPS) is 14.6. The van der Waals surface area contributed by atoms with Gasteiger partial charge in [0.15, 0.2) is 13.2 Å². The number of hydrogen-bond donors (Lipinski definition) is 1. The van der Waals surface area contributed by atoms with Gasteiger partial charge in [-0.25, -0.2) is 4.79 Å². The van der Waals surface area contributed by atoms with Crippen LogP contribution in [0.3, 0.4) is 0 Å². The fraction of sp³-hybridized carbons (Fsp3) is 0.467. The van der Waals surface area contributed by atoms with Crippen LogP contribution in [-0.2, 0) is 14.3 Å². The molecule has 0 bridgehead atoms. The van der Waals surface area contributed by atoms with Crippen molar-refractivity contribution in [1.82, 2.24) is 4.90 Å². The number of likely N-dealkylation sites (tertiary alicyclic amines) is 1. The lowest BCUT2D eigenvalue weighted by atomic mass is 10.1. The highest BCUT2D eigenvalue weighted by molar-refractivity contribution is 5.81. The fourth-order valence-electron chi connectivity index (χ4n) is 2.12. The van der Waals surface area contributed by atoms with Crippen molar-refractivity contribution in [3.05, 3.63) is 24.3 Å². The van der Waals surface area contributed by atoms with Crippen molar-refractivity contribution < 1.29 is 19.1 Å². The number of nitrogens with two attached hydrogens (primary N) is 1. The Bertz CT molecular complexity index is 481. The highest BCUT2D eigenvalue weighted by Crippen LogP contribution is 2.13. The summed E-state index contributed by atoms with van der Waals surface area (Å²) >= 11 is 0. The summed E-state index contributed by atoms with van der Waals surface area (Å²) in [7, 11) is 0. The molecule has 2 N–H and O–H groups in total. The van der Waals surface area contributed by atoms with Crippen LogP contribution in [-0.4, -0.2) is 43.1 Å². The number of piperidine rings is 1. The van der Waals surface area contributed by atoms with E-state index in [9.17, 15) is 9.59 Å². The van der Waals surface area contributed by atoms with E-state index in [4.69, 9.17) is 15.2 Å². The molecule has 0 atom stereocenters. The Morgan fingerprint density at radius 2 is 1.71 bits per heavy atom. The Morgan fingerprint density at radius 3 is 2.38 bits per heavy atom. The molecule has 2 rings (SSSR count). The molecule has 0 radical (unpaired) electrons. The van der Waals surface area contributed by atoms with Gasteiger partial charge in [0.25, 0.3) is 5.91 Å². The summed E-state index contributed by atoms with van der Waals surface area (Å²) in [5.41, 5.74) is 6.17. The van der Waals surface area contributed by atoms with Crippen LogP contribution in [0.4, 0.5) is 5.69 Å². The quantitative estimate of drug-likeness (QED) is 0.651. The molecule has 0 saturated carbocycles. The number of benzene rings is 1. The van der Waals surface area contributed by atoms with Crippen molar-refractivity contribution in [2.45, 2.75) is 19.3 Å². The van der Waals surface area contributed by atoms with E-state index in [1.807, 2.05) is 0 Å². The molecule has 1 aromatic rings. The molecule has 1 saturated heterocycles. The molecule has 6 nitrogen and oxygen atoms in total. The maximum Gasteiger partial charge on any atom is 0.344 e. The molecular weight excluding hydrogens is 272 g/mol. The molecule has 1 aliphatic rings. The summed E-state index contributed by atoms with van der Waals surface area (Å²) in [4.78, 5) is 25.1. The summed E-state index contributed by atoms with van der Waals surface area (Å²) in [6.07, 6.45) is 3.18. The van der Waals surface area contributed by atoms with Crippen molar-refractivity contribution in [3.8, 4) is 5.75 Å². The molecule has 0 aromatic heterocycles. The maximum absolute atomic E-state index is 11.8. The summed E-state index contributed by atoms with van der Waals surface area (Å²) in [6, 6.07) is 6.70. The summed E-state index contributed by atoms with van der Waals surface area (Å²) in [5.74, 6) is -0.170. The standard InChI is InChI=1S/C15H20N2O4/c16-12-4-6-13(7-5-12)20-11-15(19)21-10-14(18)17-8-2-1-3-9-17/h4-7H,1-3,8-11,16H2. The van der Waals surface area contributed by atoms with Crippen molar-refractivity contribution in [3.63, 3.8) is 0 Å². The first kappa shape index (κ1) is 15.2. The third-order valence-electron chi connectivity index (χ3n) is 3.30. The Balaban J connectivity index is 1.67. The van der Waals surface area contributed by atoms with E-state index < -0.39 is 5.97 Å². The van der Waals surface area contributed by atoms with Crippen LogP contribution in [0.5, 0.6) is 5.75 Å². The molecule has 1 aromatic carbocycles. The Morgan fingerprint density at radius 1 is 1.05 bits per heavy atom. The van der Waals surface area contributed by atoms with E-state index in [-0.39, 0.29) is 19.1 Å². The van der Waals surface area contributed by atoms with Crippen LogP contribution < -0.4 is 10.5 Å². The second kappa shape index (κ2) is 7.52. The van der Waals surface area contributed by atoms with Gasteiger partial charge in [-0.3, -0.25) is 4.79 Å². The topological polar surface area (TPSA) is 81.9 Å². The second-order valence-electron chi connectivity index (χ2n) is 4.96. The molecular formula is C15H20N2O4. The van der Waals surface area contributed by atoms with Crippen molar-refractivity contribution >= 4 is 17.6 Å². The number of hydrogen-bond acceptors (Lipinski definition) is 5. The van der Waals surface area contributed by atoms with E-state index in [0.29, 0.717) is 11.4 Å². The first-order valence-electron chi connectivity index (χ1n) is 7.07. The lowest BCUT2D eigenvalue weighted by Gasteiger charge is -2.26. The predicted molar refractivity (Wildman–Crippen MR) is 77.7 cm³/mol. The molecule has 0 spiro atoms. The van der Waals surface area contributed by atoms with Gasteiger partial charge < -0.3 is 20.1 Å². The summed E-state index contributed by atoms with van der Waals surface area (Å²) in [5, 5.41) is 0. The van der Waals surface area contributed by atoms with E-state index in [2.05, 4.69) is 0 Å². The molecule has 1 heterocycles. The van der Waals surface area contributed by atoms with Crippen LogP contribution in [0.25, 0.3) is 0 Å². The first-order valence-corrected chi connectivity index (χ1v) is 7.07. The van der Waals surface area contributed by atoms with Gasteiger partial charge >= 0.3 is 5.97 Å². The third kappa shape index (κ3) is 4.98. The van der Waals surface area contributed by atoms with Gasteiger partial charge in [-0.15, -0.1) is 0 Å². The number of carbonyl (C=O) groups is 2. The van der Waals surface area contributed by atoms with Crippen LogP contribution in [0.1, 0.15) is 19.3 Å². The van der Waals surface area contributed by atoms with Gasteiger partial charge in [0.05, 0.1) is 0 Å². The zero-order valence-corrected chi connectivity index (χ0v) is 11.9. The molecule has 114 valence electrons. The van der Waals surface area contributed by atoms with Crippen LogP contribution in [0.15, 0.2) is 24.3 Å². The molecule has 1 amide bonds. The number of nitrogen functional groups attached to an aromatic ring is 1. The minimum atomic E-state index is -0.558. The second-order valence-corrected chi connectivity index (χ2v) is 4.96. The number of rotatable bonds is 5. The molecule has 0 aliphatic carbocycles. The van der Waals surface area contributed by atoms with Gasteiger partial charge in [0.1, 0.15) is 5.75 Å². The van der Waals surface area contributed by atoms with Crippen LogP contribution in [0.2, 0.25) is 0 Å². The number of anilines is 1. The lowest BCUT2D eigenvalue weighted by Crippen LogP contribution is -2.38. The number of carbonyl (C=O) groups excluding carboxylic acids is 2. The molecule has 1 aliphatic heterocycles. The number of ether oxygens (including phenoxy) is 2. The minimum absolute atomic E-state index is 0.143. The zero-order valence-electron chi connectivity index (χ0n) is 11.9. The molecule has 21 heavy (non-hydrogen) atoms. The zero-order chi connectivity index (χ0) is 15.1. The Labute approximate surface area is 123 Å². The number of esters is 1. The largest absolute Gasteiger partial charge is 0.482 e. The fourth-order valence-corrected chi connectivity index (χ4v) is 2.12. The summed E-state index contributed by atoms with van der Waals surface area (Å²) in [6.45, 7) is 1.05. The molecule has 6 heteroatoms. The number of amides is 1. The van der Waals surface area contributed by atoms with E-state index >= 15 is 0 Å². The van der Waals surface area contributed by atoms with Gasteiger partial charge in [-0.1, -0.05) is 0 Å². The van der Waals surface area contributed by atoms with Gasteiger partial charge in [-0.05, 0) is 43.5 Å². The van der Waals surface area contributed by atoms with E-state index in [1.165, 1.54) is 0 Å². The first-order chi connectivity index (χ1) is 10.1. The minimum Gasteiger partial charge on any atom is -0.482 e. The maximum atomic E-state index is 11.8. The van der Waals surface area contributed by atoms with Crippen LogP contribution >= 0.6 is 0 Å². The molecule has 0 unspecified atom stereocenters. The highest BCUT2D eigenvalue weighted by atomic mass is 16.6. The van der Waals surface area contributed by atoms with Crippen LogP contribution in [0, 0.1) is 0 Å².